The largest absolute Gasteiger partial charge is 0.444 e. The van der Waals surface area contributed by atoms with Gasteiger partial charge in [0.15, 0.2) is 0 Å². The van der Waals surface area contributed by atoms with Crippen molar-refractivity contribution in [2.45, 2.75) is 45.8 Å². The minimum Gasteiger partial charge on any atom is -0.444 e. The first-order valence-corrected chi connectivity index (χ1v) is 8.15. The maximum atomic E-state index is 12.1. The van der Waals surface area contributed by atoms with Crippen molar-refractivity contribution in [1.29, 1.82) is 0 Å². The van der Waals surface area contributed by atoms with Gasteiger partial charge in [0.1, 0.15) is 20.6 Å². The number of amides is 1. The van der Waals surface area contributed by atoms with E-state index in [0.717, 1.165) is 21.5 Å². The van der Waals surface area contributed by atoms with E-state index < -0.39 is 5.60 Å². The Morgan fingerprint density at radius 2 is 2.05 bits per heavy atom. The molecule has 0 aromatic carbocycles. The maximum Gasteiger partial charge on any atom is 0.410 e. The zero-order chi connectivity index (χ0) is 15.1. The van der Waals surface area contributed by atoms with E-state index in [-0.39, 0.29) is 12.1 Å². The molecular weight excluding hydrogens is 390 g/mol. The van der Waals surface area contributed by atoms with Gasteiger partial charge >= 0.3 is 6.09 Å². The van der Waals surface area contributed by atoms with Crippen LogP contribution in [0.5, 0.6) is 0 Å². The summed E-state index contributed by atoms with van der Waals surface area (Å²) in [5, 5.41) is 0. The number of hydrogen-bond donors (Lipinski definition) is 0. The van der Waals surface area contributed by atoms with Crippen LogP contribution in [0.3, 0.4) is 0 Å². The van der Waals surface area contributed by atoms with Crippen LogP contribution in [0.4, 0.5) is 4.79 Å². The molecule has 1 amide bonds. The molecule has 112 valence electrons. The number of carbonyl (C=O) groups is 1. The van der Waals surface area contributed by atoms with E-state index in [1.165, 1.54) is 0 Å². The standard InChI is InChI=1S/C13H19Br2N3O2/c1-8-16-10(14)11(15)18(8)9-5-6-17(7-9)12(19)20-13(2,3)4/h9H,5-7H2,1-4H3. The highest BCUT2D eigenvalue weighted by Crippen LogP contribution is 2.32. The number of aryl methyl sites for hydroxylation is 1. The number of likely N-dealkylation sites (tertiary alicyclic amines) is 1. The fourth-order valence-corrected chi connectivity index (χ4v) is 3.44. The Morgan fingerprint density at radius 1 is 1.40 bits per heavy atom. The van der Waals surface area contributed by atoms with Crippen molar-refractivity contribution < 1.29 is 9.53 Å². The normalized spacial score (nSPS) is 19.5. The van der Waals surface area contributed by atoms with E-state index in [1.54, 1.807) is 4.90 Å². The summed E-state index contributed by atoms with van der Waals surface area (Å²) < 4.78 is 9.25. The minimum absolute atomic E-state index is 0.232. The van der Waals surface area contributed by atoms with Crippen LogP contribution in [-0.4, -0.2) is 39.2 Å². The van der Waals surface area contributed by atoms with Crippen molar-refractivity contribution in [3.63, 3.8) is 0 Å². The third-order valence-corrected chi connectivity index (χ3v) is 5.01. The molecule has 0 spiro atoms. The third kappa shape index (κ3) is 3.36. The number of nitrogens with zero attached hydrogens (tertiary/aromatic N) is 3. The van der Waals surface area contributed by atoms with Crippen LogP contribution in [0.15, 0.2) is 9.21 Å². The van der Waals surface area contributed by atoms with Crippen LogP contribution in [0.2, 0.25) is 0 Å². The molecule has 1 aliphatic heterocycles. The third-order valence-electron chi connectivity index (χ3n) is 3.17. The Morgan fingerprint density at radius 3 is 2.55 bits per heavy atom. The molecule has 0 radical (unpaired) electrons. The molecule has 0 saturated carbocycles. The fourth-order valence-electron chi connectivity index (χ4n) is 2.35. The van der Waals surface area contributed by atoms with E-state index in [0.29, 0.717) is 13.1 Å². The van der Waals surface area contributed by atoms with Gasteiger partial charge in [-0.25, -0.2) is 9.78 Å². The molecule has 1 aliphatic rings. The molecule has 2 rings (SSSR count). The van der Waals surface area contributed by atoms with Crippen molar-refractivity contribution in [2.75, 3.05) is 13.1 Å². The molecule has 1 fully saturated rings. The molecule has 0 bridgehead atoms. The van der Waals surface area contributed by atoms with Gasteiger partial charge < -0.3 is 14.2 Å². The fraction of sp³-hybridized carbons (Fsp3) is 0.692. The first-order chi connectivity index (χ1) is 9.19. The highest BCUT2D eigenvalue weighted by molar-refractivity contribution is 9.13. The lowest BCUT2D eigenvalue weighted by Crippen LogP contribution is -2.35. The van der Waals surface area contributed by atoms with E-state index in [1.807, 2.05) is 27.7 Å². The van der Waals surface area contributed by atoms with Gasteiger partial charge in [-0.05, 0) is 66.0 Å². The second-order valence-electron chi connectivity index (χ2n) is 5.98. The summed E-state index contributed by atoms with van der Waals surface area (Å²) in [6.07, 6.45) is 0.662. The zero-order valence-electron chi connectivity index (χ0n) is 12.1. The first kappa shape index (κ1) is 15.8. The smallest absolute Gasteiger partial charge is 0.410 e. The maximum absolute atomic E-state index is 12.1. The number of imidazole rings is 1. The molecule has 1 unspecified atom stereocenters. The molecule has 7 heteroatoms. The van der Waals surface area contributed by atoms with Crippen molar-refractivity contribution in [3.05, 3.63) is 15.0 Å². The quantitative estimate of drug-likeness (QED) is 0.707. The summed E-state index contributed by atoms with van der Waals surface area (Å²) in [5.41, 5.74) is -0.455. The van der Waals surface area contributed by atoms with Gasteiger partial charge in [-0.3, -0.25) is 0 Å². The lowest BCUT2D eigenvalue weighted by atomic mass is 10.2. The Kier molecular flexibility index (Phi) is 4.49. The van der Waals surface area contributed by atoms with Crippen molar-refractivity contribution in [1.82, 2.24) is 14.5 Å². The predicted molar refractivity (Wildman–Crippen MR) is 83.8 cm³/mol. The highest BCUT2D eigenvalue weighted by atomic mass is 79.9. The lowest BCUT2D eigenvalue weighted by molar-refractivity contribution is 0.0289. The Labute approximate surface area is 135 Å². The average Bonchev–Trinajstić information content (AvgIpc) is 2.83. The second kappa shape index (κ2) is 5.67. The van der Waals surface area contributed by atoms with Gasteiger partial charge in [0.25, 0.3) is 0 Å². The van der Waals surface area contributed by atoms with Gasteiger partial charge in [-0.2, -0.15) is 0 Å². The van der Waals surface area contributed by atoms with Crippen LogP contribution in [0.1, 0.15) is 39.1 Å². The number of rotatable bonds is 1. The monoisotopic (exact) mass is 407 g/mol. The van der Waals surface area contributed by atoms with E-state index in [9.17, 15) is 4.79 Å². The lowest BCUT2D eigenvalue weighted by Gasteiger charge is -2.24. The van der Waals surface area contributed by atoms with Crippen molar-refractivity contribution in [3.8, 4) is 0 Å². The van der Waals surface area contributed by atoms with Gasteiger partial charge in [0.2, 0.25) is 0 Å². The molecular formula is C13H19Br2N3O2. The highest BCUT2D eigenvalue weighted by Gasteiger charge is 2.32. The van der Waals surface area contributed by atoms with Gasteiger partial charge in [0.05, 0.1) is 6.04 Å². The predicted octanol–water partition coefficient (Wildman–Crippen LogP) is 3.90. The summed E-state index contributed by atoms with van der Waals surface area (Å²) in [6.45, 7) is 8.97. The summed E-state index contributed by atoms with van der Waals surface area (Å²) in [6, 6.07) is 0.232. The molecule has 1 atom stereocenters. The average molecular weight is 409 g/mol. The zero-order valence-corrected chi connectivity index (χ0v) is 15.3. The number of hydrogen-bond acceptors (Lipinski definition) is 3. The molecule has 0 aliphatic carbocycles. The van der Waals surface area contributed by atoms with E-state index in [4.69, 9.17) is 4.74 Å². The number of ether oxygens (including phenoxy) is 1. The number of aromatic nitrogens is 2. The first-order valence-electron chi connectivity index (χ1n) is 6.57. The molecule has 1 aromatic heterocycles. The Hall–Kier alpha value is -0.560. The molecule has 1 saturated heterocycles. The summed E-state index contributed by atoms with van der Waals surface area (Å²) >= 11 is 6.95. The van der Waals surface area contributed by atoms with Gasteiger partial charge in [0, 0.05) is 13.1 Å². The summed E-state index contributed by atoms with van der Waals surface area (Å²) in [7, 11) is 0. The van der Waals surface area contributed by atoms with E-state index >= 15 is 0 Å². The van der Waals surface area contributed by atoms with Crippen LogP contribution >= 0.6 is 31.9 Å². The summed E-state index contributed by atoms with van der Waals surface area (Å²) in [5.74, 6) is 0.930. The van der Waals surface area contributed by atoms with Crippen LogP contribution < -0.4 is 0 Å². The topological polar surface area (TPSA) is 47.4 Å². The molecule has 2 heterocycles. The number of halogens is 2. The summed E-state index contributed by atoms with van der Waals surface area (Å²) in [4.78, 5) is 18.2. The molecule has 20 heavy (non-hydrogen) atoms. The minimum atomic E-state index is -0.455. The van der Waals surface area contributed by atoms with Crippen molar-refractivity contribution in [2.24, 2.45) is 0 Å². The Balaban J connectivity index is 2.07. The molecule has 5 nitrogen and oxygen atoms in total. The van der Waals surface area contributed by atoms with Crippen molar-refractivity contribution >= 4 is 38.0 Å². The number of carbonyl (C=O) groups excluding carboxylic acids is 1. The van der Waals surface area contributed by atoms with Gasteiger partial charge in [-0.15, -0.1) is 0 Å². The second-order valence-corrected chi connectivity index (χ2v) is 7.48. The van der Waals surface area contributed by atoms with Gasteiger partial charge in [-0.1, -0.05) is 0 Å². The SMILES string of the molecule is Cc1nc(Br)c(Br)n1C1CCN(C(=O)OC(C)(C)C)C1. The molecule has 0 N–H and O–H groups in total. The van der Waals surface area contributed by atoms with Crippen LogP contribution in [-0.2, 0) is 4.74 Å². The van der Waals surface area contributed by atoms with Crippen LogP contribution in [0.25, 0.3) is 0 Å². The van der Waals surface area contributed by atoms with Crippen LogP contribution in [0, 0.1) is 6.92 Å². The Bertz CT molecular complexity index is 522. The molecule has 1 aromatic rings. The van der Waals surface area contributed by atoms with E-state index in [2.05, 4.69) is 41.4 Å².